The molecule has 86 valence electrons. The van der Waals surface area contributed by atoms with Gasteiger partial charge in [-0.2, -0.15) is 0 Å². The Hall–Kier alpha value is -1.63. The van der Waals surface area contributed by atoms with Crippen molar-refractivity contribution in [2.75, 3.05) is 0 Å². The van der Waals surface area contributed by atoms with Crippen molar-refractivity contribution < 1.29 is 4.79 Å². The molecule has 0 unspecified atom stereocenters. The van der Waals surface area contributed by atoms with Crippen LogP contribution in [0.2, 0.25) is 0 Å². The molecule has 0 spiro atoms. The molecular formula is C15H20O. The van der Waals surface area contributed by atoms with Crippen LogP contribution in [0.3, 0.4) is 0 Å². The first-order valence-electron chi connectivity index (χ1n) is 5.18. The highest BCUT2D eigenvalue weighted by Crippen LogP contribution is 2.17. The molecule has 16 heavy (non-hydrogen) atoms. The molecule has 0 fully saturated rings. The van der Waals surface area contributed by atoms with E-state index in [-0.39, 0.29) is 5.78 Å². The quantitative estimate of drug-likeness (QED) is 0.498. The van der Waals surface area contributed by atoms with E-state index in [2.05, 4.69) is 19.7 Å². The van der Waals surface area contributed by atoms with Gasteiger partial charge >= 0.3 is 0 Å². The maximum Gasteiger partial charge on any atom is 0.160 e. The second-order valence-corrected chi connectivity index (χ2v) is 4.03. The van der Waals surface area contributed by atoms with Gasteiger partial charge in [-0.3, -0.25) is 4.79 Å². The topological polar surface area (TPSA) is 17.1 Å². The van der Waals surface area contributed by atoms with Gasteiger partial charge in [0.15, 0.2) is 5.78 Å². The molecular weight excluding hydrogens is 196 g/mol. The number of Topliss-reactive ketones (excluding diaryl/α,β-unsaturated/α-hetero) is 1. The van der Waals surface area contributed by atoms with Gasteiger partial charge in [0.2, 0.25) is 0 Å². The predicted molar refractivity (Wildman–Crippen MR) is 71.3 cm³/mol. The van der Waals surface area contributed by atoms with Crippen LogP contribution in [0.5, 0.6) is 0 Å². The standard InChI is InChI=1S/C15H20O/c1-10(2)12(5)8-9-15(14(7)16)13(6)11(3)4/h8-9H,1,3,6H2,2,4-5,7H3/b12-8-,15-9+. The molecule has 0 aliphatic rings. The third-order valence-electron chi connectivity index (χ3n) is 2.39. The number of allylic oxidation sites excluding steroid dienone is 7. The minimum absolute atomic E-state index is 0.00114. The lowest BCUT2D eigenvalue weighted by Gasteiger charge is -2.06. The first-order valence-corrected chi connectivity index (χ1v) is 5.18. The summed E-state index contributed by atoms with van der Waals surface area (Å²) in [6.07, 6.45) is 3.66. The summed E-state index contributed by atoms with van der Waals surface area (Å²) in [5.41, 5.74) is 4.14. The molecule has 0 rings (SSSR count). The van der Waals surface area contributed by atoms with Crippen LogP contribution in [0, 0.1) is 0 Å². The fraction of sp³-hybridized carbons (Fsp3) is 0.267. The second kappa shape index (κ2) is 6.06. The lowest BCUT2D eigenvalue weighted by Crippen LogP contribution is -2.00. The molecule has 0 N–H and O–H groups in total. The summed E-state index contributed by atoms with van der Waals surface area (Å²) in [7, 11) is 0. The van der Waals surface area contributed by atoms with Crippen molar-refractivity contribution in [3.63, 3.8) is 0 Å². The van der Waals surface area contributed by atoms with Crippen LogP contribution in [0.1, 0.15) is 27.7 Å². The fourth-order valence-corrected chi connectivity index (χ4v) is 1.01. The molecule has 0 aromatic rings. The Labute approximate surface area is 98.6 Å². The van der Waals surface area contributed by atoms with E-state index in [0.717, 1.165) is 16.7 Å². The van der Waals surface area contributed by atoms with Crippen molar-refractivity contribution in [3.05, 3.63) is 59.8 Å². The van der Waals surface area contributed by atoms with Gasteiger partial charge in [-0.25, -0.2) is 0 Å². The molecule has 0 aliphatic carbocycles. The van der Waals surface area contributed by atoms with Crippen LogP contribution >= 0.6 is 0 Å². The first-order chi connectivity index (χ1) is 7.27. The summed E-state index contributed by atoms with van der Waals surface area (Å²) in [5, 5.41) is 0. The summed E-state index contributed by atoms with van der Waals surface area (Å²) >= 11 is 0. The Bertz CT molecular complexity index is 403. The maximum atomic E-state index is 11.5. The van der Waals surface area contributed by atoms with Crippen LogP contribution in [-0.2, 0) is 4.79 Å². The van der Waals surface area contributed by atoms with Crippen LogP contribution in [-0.4, -0.2) is 5.78 Å². The van der Waals surface area contributed by atoms with E-state index in [1.54, 1.807) is 6.08 Å². The molecule has 0 amide bonds. The van der Waals surface area contributed by atoms with Gasteiger partial charge in [-0.05, 0) is 38.8 Å². The van der Waals surface area contributed by atoms with E-state index in [0.29, 0.717) is 11.1 Å². The number of carbonyl (C=O) groups excluding carboxylic acids is 1. The second-order valence-electron chi connectivity index (χ2n) is 4.03. The van der Waals surface area contributed by atoms with Crippen LogP contribution in [0.4, 0.5) is 0 Å². The number of ketones is 1. The Kier molecular flexibility index (Phi) is 5.44. The summed E-state index contributed by atoms with van der Waals surface area (Å²) in [6, 6.07) is 0. The number of hydrogen-bond donors (Lipinski definition) is 0. The highest BCUT2D eigenvalue weighted by molar-refractivity contribution is 5.99. The van der Waals surface area contributed by atoms with Gasteiger partial charge in [-0.15, -0.1) is 0 Å². The highest BCUT2D eigenvalue weighted by atomic mass is 16.1. The van der Waals surface area contributed by atoms with Crippen molar-refractivity contribution in [3.8, 4) is 0 Å². The normalized spacial score (nSPS) is 12.2. The number of rotatable bonds is 5. The number of hydrogen-bond acceptors (Lipinski definition) is 1. The average molecular weight is 216 g/mol. The van der Waals surface area contributed by atoms with Crippen LogP contribution in [0.15, 0.2) is 59.8 Å². The molecule has 0 aromatic heterocycles. The SMILES string of the molecule is C=C(C)C(=C)/C(=C\C=C(\C)C(=C)C)C(C)=O. The van der Waals surface area contributed by atoms with Gasteiger partial charge in [0.05, 0.1) is 0 Å². The lowest BCUT2D eigenvalue weighted by molar-refractivity contribution is -0.113. The van der Waals surface area contributed by atoms with Gasteiger partial charge in [0.1, 0.15) is 0 Å². The van der Waals surface area contributed by atoms with Gasteiger partial charge in [0, 0.05) is 5.57 Å². The molecule has 0 aliphatic heterocycles. The Balaban J connectivity index is 5.25. The third kappa shape index (κ3) is 4.26. The molecule has 0 heterocycles. The van der Waals surface area contributed by atoms with E-state index in [1.165, 1.54) is 6.92 Å². The monoisotopic (exact) mass is 216 g/mol. The number of carbonyl (C=O) groups is 1. The van der Waals surface area contributed by atoms with E-state index < -0.39 is 0 Å². The summed E-state index contributed by atoms with van der Waals surface area (Å²) in [5.74, 6) is -0.00114. The largest absolute Gasteiger partial charge is 0.294 e. The highest BCUT2D eigenvalue weighted by Gasteiger charge is 2.07. The van der Waals surface area contributed by atoms with Gasteiger partial charge in [0.25, 0.3) is 0 Å². The van der Waals surface area contributed by atoms with Crippen LogP contribution < -0.4 is 0 Å². The smallest absolute Gasteiger partial charge is 0.160 e. The lowest BCUT2D eigenvalue weighted by atomic mass is 9.97. The molecule has 0 bridgehead atoms. The van der Waals surface area contributed by atoms with Crippen molar-refractivity contribution in [2.24, 2.45) is 0 Å². The molecule has 0 aromatic carbocycles. The Morgan fingerprint density at radius 3 is 1.69 bits per heavy atom. The van der Waals surface area contributed by atoms with Gasteiger partial charge in [-0.1, -0.05) is 43.0 Å². The fourth-order valence-electron chi connectivity index (χ4n) is 1.01. The van der Waals surface area contributed by atoms with Crippen molar-refractivity contribution in [1.82, 2.24) is 0 Å². The Morgan fingerprint density at radius 1 is 0.875 bits per heavy atom. The van der Waals surface area contributed by atoms with Crippen LogP contribution in [0.25, 0.3) is 0 Å². The van der Waals surface area contributed by atoms with Crippen molar-refractivity contribution >= 4 is 5.78 Å². The zero-order valence-electron chi connectivity index (χ0n) is 10.7. The minimum atomic E-state index is -0.00114. The third-order valence-corrected chi connectivity index (χ3v) is 2.39. The summed E-state index contributed by atoms with van der Waals surface area (Å²) in [6.45, 7) is 18.7. The predicted octanol–water partition coefficient (Wildman–Crippen LogP) is 4.16. The molecule has 1 nitrogen and oxygen atoms in total. The molecule has 0 saturated heterocycles. The van der Waals surface area contributed by atoms with Crippen molar-refractivity contribution in [2.45, 2.75) is 27.7 Å². The average Bonchev–Trinajstić information content (AvgIpc) is 2.16. The molecule has 0 atom stereocenters. The first kappa shape index (κ1) is 14.4. The zero-order valence-corrected chi connectivity index (χ0v) is 10.7. The van der Waals surface area contributed by atoms with E-state index in [4.69, 9.17) is 0 Å². The summed E-state index contributed by atoms with van der Waals surface area (Å²) < 4.78 is 0. The molecule has 0 saturated carbocycles. The van der Waals surface area contributed by atoms with Crippen molar-refractivity contribution in [1.29, 1.82) is 0 Å². The van der Waals surface area contributed by atoms with Gasteiger partial charge < -0.3 is 0 Å². The Morgan fingerprint density at radius 2 is 1.38 bits per heavy atom. The molecule has 1 heteroatoms. The summed E-state index contributed by atoms with van der Waals surface area (Å²) in [4.78, 5) is 11.5. The zero-order chi connectivity index (χ0) is 12.9. The maximum absolute atomic E-state index is 11.5. The minimum Gasteiger partial charge on any atom is -0.294 e. The van der Waals surface area contributed by atoms with E-state index in [1.807, 2.05) is 26.8 Å². The van der Waals surface area contributed by atoms with E-state index >= 15 is 0 Å². The molecule has 0 radical (unpaired) electrons. The van der Waals surface area contributed by atoms with E-state index in [9.17, 15) is 4.79 Å².